The summed E-state index contributed by atoms with van der Waals surface area (Å²) in [5, 5.41) is 0. The molecule has 1 aliphatic heterocycles. The molecular weight excluding hydrogens is 386 g/mol. The van der Waals surface area contributed by atoms with Gasteiger partial charge in [0.2, 0.25) is 0 Å². The highest BCUT2D eigenvalue weighted by Gasteiger charge is 2.34. The Morgan fingerprint density at radius 1 is 0.897 bits per heavy atom. The molecule has 1 aliphatic rings. The number of aromatic nitrogens is 1. The van der Waals surface area contributed by atoms with E-state index in [1.165, 1.54) is 4.31 Å². The number of nitrogens with zero attached hydrogens (tertiary/aromatic N) is 3. The van der Waals surface area contributed by atoms with E-state index in [1.54, 1.807) is 47.5 Å². The van der Waals surface area contributed by atoms with Gasteiger partial charge in [-0.05, 0) is 36.4 Å². The number of hydrogen-bond acceptors (Lipinski definition) is 4. The first-order valence-electron chi connectivity index (χ1n) is 9.42. The molecule has 2 aromatic carbocycles. The molecule has 148 valence electrons. The van der Waals surface area contributed by atoms with Gasteiger partial charge in [-0.25, -0.2) is 0 Å². The Morgan fingerprint density at radius 3 is 2.31 bits per heavy atom. The number of benzene rings is 2. The molecule has 1 fully saturated rings. The van der Waals surface area contributed by atoms with E-state index in [2.05, 4.69) is 4.98 Å². The van der Waals surface area contributed by atoms with Crippen LogP contribution in [0.3, 0.4) is 0 Å². The molecular formula is C22H21N3O3S. The number of hydrogen-bond donors (Lipinski definition) is 0. The van der Waals surface area contributed by atoms with Crippen LogP contribution in [0.25, 0.3) is 11.3 Å². The minimum absolute atomic E-state index is 0.0976. The number of carbonyl (C=O) groups excluding carboxylic acids is 1. The fourth-order valence-electron chi connectivity index (χ4n) is 3.40. The zero-order chi connectivity index (χ0) is 20.3. The van der Waals surface area contributed by atoms with E-state index in [0.717, 1.165) is 11.3 Å². The van der Waals surface area contributed by atoms with E-state index >= 15 is 0 Å². The lowest BCUT2D eigenvalue weighted by atomic mass is 10.1. The van der Waals surface area contributed by atoms with Gasteiger partial charge in [-0.2, -0.15) is 0 Å². The molecule has 4 rings (SSSR count). The summed E-state index contributed by atoms with van der Waals surface area (Å²) >= 11 is 0. The van der Waals surface area contributed by atoms with Gasteiger partial charge in [0.25, 0.3) is 5.91 Å². The third-order valence-corrected chi connectivity index (χ3v) is 6.89. The molecule has 0 aliphatic carbocycles. The number of rotatable bonds is 4. The summed E-state index contributed by atoms with van der Waals surface area (Å²) in [5.41, 5.74) is 2.26. The normalized spacial score (nSPS) is 16.9. The Morgan fingerprint density at radius 2 is 1.62 bits per heavy atom. The van der Waals surface area contributed by atoms with Gasteiger partial charge in [-0.3, -0.25) is 9.78 Å². The quantitative estimate of drug-likeness (QED) is 0.623. The van der Waals surface area contributed by atoms with E-state index in [4.69, 9.17) is 0 Å². The molecule has 0 spiro atoms. The number of carbonyl (C=O) groups is 1. The van der Waals surface area contributed by atoms with Crippen LogP contribution in [0.2, 0.25) is 0 Å². The van der Waals surface area contributed by atoms with Crippen LogP contribution in [0.4, 0.5) is 0 Å². The standard InChI is InChI=1S/C22H21N3O3S/c26-22(19-8-6-7-18(17-19)21-11-4-5-12-23-21)24-13-15-25(16-14-24)29(27,28)20-9-2-1-3-10-20/h1-12,17H,13-16H2. The van der Waals surface area contributed by atoms with Crippen molar-refractivity contribution in [1.29, 1.82) is 0 Å². The Kier molecular flexibility index (Phi) is 5.53. The summed E-state index contributed by atoms with van der Waals surface area (Å²) in [6.07, 6.45) is 1.72. The lowest BCUT2D eigenvalue weighted by Crippen LogP contribution is -2.52. The van der Waals surface area contributed by atoms with Gasteiger partial charge in [0, 0.05) is 30.4 Å². The summed E-state index contributed by atoms with van der Waals surface area (Å²) in [5.74, 6) is -0.0976. The molecule has 1 atom stereocenters. The van der Waals surface area contributed by atoms with Crippen molar-refractivity contribution in [3.8, 4) is 11.3 Å². The number of pyridine rings is 1. The minimum Gasteiger partial charge on any atom is -0.593 e. The molecule has 2 heterocycles. The summed E-state index contributed by atoms with van der Waals surface area (Å²) in [7, 11) is -3.53. The van der Waals surface area contributed by atoms with Crippen molar-refractivity contribution >= 4 is 16.3 Å². The van der Waals surface area contributed by atoms with Gasteiger partial charge < -0.3 is 9.45 Å². The van der Waals surface area contributed by atoms with Crippen molar-refractivity contribution in [1.82, 2.24) is 14.2 Å². The summed E-state index contributed by atoms with van der Waals surface area (Å²) in [6.45, 7) is 1.28. The number of amides is 1. The van der Waals surface area contributed by atoms with Gasteiger partial charge in [0.05, 0.1) is 18.8 Å². The second kappa shape index (κ2) is 8.24. The zero-order valence-electron chi connectivity index (χ0n) is 15.8. The Balaban J connectivity index is 1.45. The molecule has 1 amide bonds. The summed E-state index contributed by atoms with van der Waals surface area (Å²) in [6, 6.07) is 21.4. The lowest BCUT2D eigenvalue weighted by molar-refractivity contribution is 0.0693. The van der Waals surface area contributed by atoms with Crippen LogP contribution in [0, 0.1) is 0 Å². The third-order valence-electron chi connectivity index (χ3n) is 4.98. The molecule has 3 aromatic rings. The van der Waals surface area contributed by atoms with Crippen LogP contribution in [0.5, 0.6) is 0 Å². The van der Waals surface area contributed by atoms with Crippen molar-refractivity contribution in [3.63, 3.8) is 0 Å². The van der Waals surface area contributed by atoms with Crippen molar-refractivity contribution in [3.05, 3.63) is 84.6 Å². The van der Waals surface area contributed by atoms with Crippen molar-refractivity contribution in [2.24, 2.45) is 0 Å². The third kappa shape index (κ3) is 4.12. The molecule has 0 bridgehead atoms. The maximum atomic E-state index is 12.9. The van der Waals surface area contributed by atoms with E-state index in [9.17, 15) is 13.6 Å². The molecule has 0 saturated carbocycles. The average Bonchev–Trinajstić information content (AvgIpc) is 2.80. The SMILES string of the molecule is O=C(c1cccc(-c2ccccn2)c1)N1CCN([S+](=O)([O-])c2ccccc2)CC1. The molecule has 0 radical (unpaired) electrons. The Bertz CT molecular complexity index is 1040. The van der Waals surface area contributed by atoms with Crippen LogP contribution in [0.1, 0.15) is 10.4 Å². The second-order valence-corrected chi connectivity index (χ2v) is 8.74. The van der Waals surface area contributed by atoms with Gasteiger partial charge >= 0.3 is 0 Å². The maximum Gasteiger partial charge on any atom is 0.253 e. The van der Waals surface area contributed by atoms with Crippen molar-refractivity contribution in [2.75, 3.05) is 26.2 Å². The van der Waals surface area contributed by atoms with Crippen LogP contribution >= 0.6 is 0 Å². The molecule has 0 N–H and O–H groups in total. The van der Waals surface area contributed by atoms with Crippen molar-refractivity contribution < 1.29 is 13.6 Å². The van der Waals surface area contributed by atoms with E-state index in [1.807, 2.05) is 36.4 Å². The summed E-state index contributed by atoms with van der Waals surface area (Å²) in [4.78, 5) is 19.3. The number of sulfonamides is 1. The summed E-state index contributed by atoms with van der Waals surface area (Å²) < 4.78 is 26.9. The lowest BCUT2D eigenvalue weighted by Gasteiger charge is -2.35. The fourth-order valence-corrected chi connectivity index (χ4v) is 4.84. The highest BCUT2D eigenvalue weighted by atomic mass is 32.3. The molecule has 1 saturated heterocycles. The first-order chi connectivity index (χ1) is 14.1. The second-order valence-electron chi connectivity index (χ2n) is 6.81. The van der Waals surface area contributed by atoms with Gasteiger partial charge in [0.1, 0.15) is 0 Å². The van der Waals surface area contributed by atoms with Crippen LogP contribution < -0.4 is 0 Å². The van der Waals surface area contributed by atoms with Crippen LogP contribution in [0.15, 0.2) is 83.9 Å². The smallest absolute Gasteiger partial charge is 0.253 e. The number of piperazine rings is 1. The predicted octanol–water partition coefficient (Wildman–Crippen LogP) is 3.11. The predicted molar refractivity (Wildman–Crippen MR) is 111 cm³/mol. The van der Waals surface area contributed by atoms with Crippen LogP contribution in [-0.2, 0) is 14.6 Å². The van der Waals surface area contributed by atoms with Gasteiger partial charge in [-0.1, -0.05) is 40.6 Å². The Labute approximate surface area is 171 Å². The molecule has 1 aromatic heterocycles. The van der Waals surface area contributed by atoms with Gasteiger partial charge in [-0.15, -0.1) is 4.31 Å². The first kappa shape index (κ1) is 19.4. The molecule has 1 unspecified atom stereocenters. The fraction of sp³-hybridized carbons (Fsp3) is 0.182. The first-order valence-corrected chi connectivity index (χ1v) is 10.9. The van der Waals surface area contributed by atoms with Crippen molar-refractivity contribution in [2.45, 2.75) is 4.90 Å². The maximum absolute atomic E-state index is 12.9. The Hall–Kier alpha value is -2.87. The van der Waals surface area contributed by atoms with Crippen LogP contribution in [-0.4, -0.2) is 50.8 Å². The minimum atomic E-state index is -3.53. The zero-order valence-corrected chi connectivity index (χ0v) is 16.6. The highest BCUT2D eigenvalue weighted by Crippen LogP contribution is 2.23. The highest BCUT2D eigenvalue weighted by molar-refractivity contribution is 7.95. The molecule has 7 heteroatoms. The molecule has 29 heavy (non-hydrogen) atoms. The average molecular weight is 407 g/mol. The largest absolute Gasteiger partial charge is 0.593 e. The van der Waals surface area contributed by atoms with E-state index < -0.39 is 10.4 Å². The van der Waals surface area contributed by atoms with E-state index in [0.29, 0.717) is 18.7 Å². The van der Waals surface area contributed by atoms with E-state index in [-0.39, 0.29) is 23.9 Å². The monoisotopic (exact) mass is 407 g/mol. The topological polar surface area (TPSA) is 76.6 Å². The van der Waals surface area contributed by atoms with Gasteiger partial charge in [0.15, 0.2) is 15.3 Å². The molecule has 6 nitrogen and oxygen atoms in total.